The molecule has 0 aliphatic carbocycles. The van der Waals surface area contributed by atoms with Gasteiger partial charge in [0.25, 0.3) is 0 Å². The van der Waals surface area contributed by atoms with Crippen molar-refractivity contribution in [3.8, 4) is 0 Å². The zero-order valence-corrected chi connectivity index (χ0v) is 17.0. The van der Waals surface area contributed by atoms with Crippen molar-refractivity contribution in [1.29, 1.82) is 0 Å². The molecule has 1 aromatic carbocycles. The van der Waals surface area contributed by atoms with Gasteiger partial charge in [0.05, 0.1) is 0 Å². The molecule has 0 N–H and O–H groups in total. The highest BCUT2D eigenvalue weighted by molar-refractivity contribution is 5.98. The number of anilines is 1. The van der Waals surface area contributed by atoms with Gasteiger partial charge in [0.1, 0.15) is 6.54 Å². The summed E-state index contributed by atoms with van der Waals surface area (Å²) in [6.45, 7) is 10.4. The molecule has 2 heterocycles. The number of para-hydroxylation sites is 1. The Morgan fingerprint density at radius 3 is 2.56 bits per heavy atom. The second kappa shape index (κ2) is 8.87. The van der Waals surface area contributed by atoms with E-state index in [1.807, 2.05) is 36.1 Å². The highest BCUT2D eigenvalue weighted by Gasteiger charge is 2.34. The Balaban J connectivity index is 1.57. The number of hydrogen-bond acceptors (Lipinski definition) is 3. The van der Waals surface area contributed by atoms with Gasteiger partial charge in [-0.15, -0.1) is 0 Å². The number of aryl methyl sites for hydroxylation is 1. The molecule has 2 amide bonds. The van der Waals surface area contributed by atoms with Gasteiger partial charge in [-0.2, -0.15) is 0 Å². The number of nitrogens with zero attached hydrogens (tertiary/aromatic N) is 3. The van der Waals surface area contributed by atoms with Crippen LogP contribution in [-0.4, -0.2) is 60.4 Å². The minimum Gasteiger partial charge on any atom is -0.329 e. The lowest BCUT2D eigenvalue weighted by Crippen LogP contribution is -2.57. The molecule has 1 aromatic rings. The fourth-order valence-electron chi connectivity index (χ4n) is 4.38. The Bertz CT molecular complexity index is 667. The maximum atomic E-state index is 12.9. The lowest BCUT2D eigenvalue weighted by molar-refractivity contribution is -0.140. The molecular weight excluding hydrogens is 338 g/mol. The molecule has 2 aliphatic heterocycles. The summed E-state index contributed by atoms with van der Waals surface area (Å²) < 4.78 is 0. The van der Waals surface area contributed by atoms with Crippen LogP contribution >= 0.6 is 0 Å². The fraction of sp³-hybridized carbons (Fsp3) is 0.636. The van der Waals surface area contributed by atoms with Gasteiger partial charge >= 0.3 is 0 Å². The smallest absolute Gasteiger partial charge is 0.246 e. The van der Waals surface area contributed by atoms with Crippen LogP contribution in [0.4, 0.5) is 5.69 Å². The first-order valence-corrected chi connectivity index (χ1v) is 10.4. The van der Waals surface area contributed by atoms with Crippen molar-refractivity contribution in [2.24, 2.45) is 5.92 Å². The van der Waals surface area contributed by atoms with E-state index in [0.29, 0.717) is 18.9 Å². The molecule has 2 aliphatic rings. The van der Waals surface area contributed by atoms with E-state index < -0.39 is 0 Å². The average molecular weight is 372 g/mol. The number of piperazine rings is 1. The maximum absolute atomic E-state index is 12.9. The van der Waals surface area contributed by atoms with Crippen LogP contribution in [0.2, 0.25) is 0 Å². The van der Waals surface area contributed by atoms with Gasteiger partial charge in [-0.3, -0.25) is 9.59 Å². The topological polar surface area (TPSA) is 43.9 Å². The first-order chi connectivity index (χ1) is 13.0. The lowest BCUT2D eigenvalue weighted by Gasteiger charge is -2.41. The van der Waals surface area contributed by atoms with Crippen LogP contribution < -0.4 is 4.90 Å². The highest BCUT2D eigenvalue weighted by atomic mass is 16.2. The molecule has 0 bridgehead atoms. The number of hydrogen-bond donors (Lipinski definition) is 0. The van der Waals surface area contributed by atoms with Crippen LogP contribution in [0, 0.1) is 12.8 Å². The molecule has 5 nitrogen and oxygen atoms in total. The van der Waals surface area contributed by atoms with E-state index >= 15 is 0 Å². The summed E-state index contributed by atoms with van der Waals surface area (Å²) in [5, 5.41) is 0. The van der Waals surface area contributed by atoms with Crippen molar-refractivity contribution in [3.63, 3.8) is 0 Å². The molecule has 1 atom stereocenters. The van der Waals surface area contributed by atoms with Gasteiger partial charge in [0.2, 0.25) is 11.8 Å². The van der Waals surface area contributed by atoms with E-state index in [9.17, 15) is 9.59 Å². The van der Waals surface area contributed by atoms with E-state index in [2.05, 4.69) is 18.7 Å². The Morgan fingerprint density at radius 2 is 1.89 bits per heavy atom. The normalized spacial score (nSPS) is 22.3. The second-order valence-electron chi connectivity index (χ2n) is 8.15. The molecule has 0 spiro atoms. The first kappa shape index (κ1) is 19.9. The third kappa shape index (κ3) is 4.70. The minimum absolute atomic E-state index is 0.0218. The Morgan fingerprint density at radius 1 is 1.19 bits per heavy atom. The molecule has 148 valence electrons. The van der Waals surface area contributed by atoms with Gasteiger partial charge in [-0.25, -0.2) is 0 Å². The average Bonchev–Trinajstić information content (AvgIpc) is 2.65. The SMILES string of the molecule is CCCN1CCC(CC(=O)N2CC(=O)N(c3ccccc3C)C[C@@H]2C)CC1. The second-order valence-corrected chi connectivity index (χ2v) is 8.15. The molecule has 2 saturated heterocycles. The zero-order valence-electron chi connectivity index (χ0n) is 17.0. The van der Waals surface area contributed by atoms with Crippen LogP contribution in [0.3, 0.4) is 0 Å². The molecule has 0 saturated carbocycles. The van der Waals surface area contributed by atoms with E-state index in [1.165, 1.54) is 6.42 Å². The zero-order chi connectivity index (χ0) is 19.4. The summed E-state index contributed by atoms with van der Waals surface area (Å²) in [6.07, 6.45) is 3.96. The van der Waals surface area contributed by atoms with Crippen LogP contribution in [0.5, 0.6) is 0 Å². The molecular formula is C22H33N3O2. The Hall–Kier alpha value is -1.88. The number of piperidine rings is 1. The van der Waals surface area contributed by atoms with Crippen molar-refractivity contribution in [2.75, 3.05) is 37.6 Å². The quantitative estimate of drug-likeness (QED) is 0.799. The van der Waals surface area contributed by atoms with Gasteiger partial charge < -0.3 is 14.7 Å². The monoisotopic (exact) mass is 371 g/mol. The van der Waals surface area contributed by atoms with E-state index in [1.54, 1.807) is 4.90 Å². The van der Waals surface area contributed by atoms with Crippen LogP contribution in [-0.2, 0) is 9.59 Å². The van der Waals surface area contributed by atoms with Crippen molar-refractivity contribution >= 4 is 17.5 Å². The predicted octanol–water partition coefficient (Wildman–Crippen LogP) is 3.07. The first-order valence-electron chi connectivity index (χ1n) is 10.4. The van der Waals surface area contributed by atoms with Gasteiger partial charge in [-0.1, -0.05) is 25.1 Å². The van der Waals surface area contributed by atoms with Crippen LogP contribution in [0.15, 0.2) is 24.3 Å². The predicted molar refractivity (Wildman–Crippen MR) is 109 cm³/mol. The third-order valence-corrected chi connectivity index (χ3v) is 6.02. The van der Waals surface area contributed by atoms with Crippen molar-refractivity contribution in [1.82, 2.24) is 9.80 Å². The van der Waals surface area contributed by atoms with Crippen LogP contribution in [0.1, 0.15) is 45.1 Å². The molecule has 5 heteroatoms. The standard InChI is InChI=1S/C22H33N3O2/c1-4-11-23-12-9-19(10-13-23)14-21(26)24-16-22(27)25(15-18(24)3)20-8-6-5-7-17(20)2/h5-8,18-19H,4,9-16H2,1-3H3/t18-/m0/s1. The number of rotatable bonds is 5. The summed E-state index contributed by atoms with van der Waals surface area (Å²) in [4.78, 5) is 31.8. The van der Waals surface area contributed by atoms with Gasteiger partial charge in [-0.05, 0) is 70.3 Å². The van der Waals surface area contributed by atoms with Crippen LogP contribution in [0.25, 0.3) is 0 Å². The minimum atomic E-state index is 0.0218. The molecule has 27 heavy (non-hydrogen) atoms. The maximum Gasteiger partial charge on any atom is 0.246 e. The number of carbonyl (C=O) groups is 2. The van der Waals surface area contributed by atoms with E-state index in [-0.39, 0.29) is 24.4 Å². The molecule has 3 rings (SSSR count). The van der Waals surface area contributed by atoms with Crippen molar-refractivity contribution in [2.45, 2.75) is 52.5 Å². The Labute approximate surface area is 163 Å². The van der Waals surface area contributed by atoms with Gasteiger partial charge in [0.15, 0.2) is 0 Å². The largest absolute Gasteiger partial charge is 0.329 e. The molecule has 2 fully saturated rings. The summed E-state index contributed by atoms with van der Waals surface area (Å²) in [5.41, 5.74) is 2.06. The molecule has 0 unspecified atom stereocenters. The fourth-order valence-corrected chi connectivity index (χ4v) is 4.38. The third-order valence-electron chi connectivity index (χ3n) is 6.02. The Kier molecular flexibility index (Phi) is 6.53. The highest BCUT2D eigenvalue weighted by Crippen LogP contribution is 2.26. The van der Waals surface area contributed by atoms with Crippen molar-refractivity contribution < 1.29 is 9.59 Å². The van der Waals surface area contributed by atoms with E-state index in [4.69, 9.17) is 0 Å². The number of benzene rings is 1. The molecule has 0 radical (unpaired) electrons. The van der Waals surface area contributed by atoms with Gasteiger partial charge in [0, 0.05) is 24.7 Å². The number of amides is 2. The summed E-state index contributed by atoms with van der Waals surface area (Å²) in [6, 6.07) is 8.01. The summed E-state index contributed by atoms with van der Waals surface area (Å²) in [5.74, 6) is 0.630. The molecule has 0 aromatic heterocycles. The van der Waals surface area contributed by atoms with E-state index in [0.717, 1.165) is 43.7 Å². The number of likely N-dealkylation sites (tertiary alicyclic amines) is 1. The summed E-state index contributed by atoms with van der Waals surface area (Å²) >= 11 is 0. The lowest BCUT2D eigenvalue weighted by atomic mass is 9.92. The number of carbonyl (C=O) groups excluding carboxylic acids is 2. The van der Waals surface area contributed by atoms with Crippen molar-refractivity contribution in [3.05, 3.63) is 29.8 Å². The summed E-state index contributed by atoms with van der Waals surface area (Å²) in [7, 11) is 0.